The highest BCUT2D eigenvalue weighted by Gasteiger charge is 2.26. The van der Waals surface area contributed by atoms with Crippen molar-refractivity contribution in [2.75, 3.05) is 39.1 Å². The summed E-state index contributed by atoms with van der Waals surface area (Å²) >= 11 is 0. The van der Waals surface area contributed by atoms with Crippen LogP contribution in [-0.2, 0) is 32.5 Å². The van der Waals surface area contributed by atoms with Gasteiger partial charge in [0.15, 0.2) is 0 Å². The summed E-state index contributed by atoms with van der Waals surface area (Å²) in [6.07, 6.45) is 0.158. The largest absolute Gasteiger partial charge is 0.497 e. The first kappa shape index (κ1) is 29.7. The van der Waals surface area contributed by atoms with Crippen molar-refractivity contribution < 1.29 is 27.8 Å². The Hall–Kier alpha value is -2.50. The monoisotopic (exact) mass is 521 g/mol. The smallest absolute Gasteiger partial charge is 0.307 e. The third-order valence-electron chi connectivity index (χ3n) is 5.66. The fourth-order valence-electron chi connectivity index (χ4n) is 3.76. The Morgan fingerprint density at radius 2 is 1.83 bits per heavy atom. The minimum atomic E-state index is -3.69. The number of ether oxygens (including phenoxy) is 2. The number of nitrogens with zero attached hydrogens (tertiary/aromatic N) is 1. The normalized spacial score (nSPS) is 13.4. The van der Waals surface area contributed by atoms with Crippen LogP contribution in [-0.4, -0.2) is 75.0 Å². The first-order valence-corrected chi connectivity index (χ1v) is 13.8. The number of aliphatic hydroxyl groups excluding tert-OH is 1. The molecule has 2 atom stereocenters. The molecule has 0 aliphatic carbocycles. The Morgan fingerprint density at radius 1 is 1.11 bits per heavy atom. The highest BCUT2D eigenvalue weighted by atomic mass is 32.2. The van der Waals surface area contributed by atoms with Crippen LogP contribution in [0.5, 0.6) is 5.75 Å². The summed E-state index contributed by atoms with van der Waals surface area (Å²) in [6, 6.07) is 16.8. The van der Waals surface area contributed by atoms with Crippen molar-refractivity contribution in [3.63, 3.8) is 0 Å². The van der Waals surface area contributed by atoms with Crippen LogP contribution in [0.25, 0.3) is 0 Å². The van der Waals surface area contributed by atoms with Gasteiger partial charge in [-0.05, 0) is 36.1 Å². The molecule has 4 N–H and O–H groups in total. The second-order valence-electron chi connectivity index (χ2n) is 8.55. The summed E-state index contributed by atoms with van der Waals surface area (Å²) in [6.45, 7) is 2.69. The zero-order valence-corrected chi connectivity index (χ0v) is 22.0. The summed E-state index contributed by atoms with van der Waals surface area (Å²) in [5, 5.41) is 12.5. The van der Waals surface area contributed by atoms with Gasteiger partial charge < -0.3 is 25.6 Å². The van der Waals surface area contributed by atoms with E-state index >= 15 is 0 Å². The van der Waals surface area contributed by atoms with E-state index in [1.54, 1.807) is 7.11 Å². The molecule has 200 valence electrons. The average molecular weight is 522 g/mol. The predicted molar refractivity (Wildman–Crippen MR) is 140 cm³/mol. The Labute approximate surface area is 214 Å². The number of rotatable bonds is 17. The summed E-state index contributed by atoms with van der Waals surface area (Å²) in [4.78, 5) is 12.7. The van der Waals surface area contributed by atoms with E-state index < -0.39 is 28.1 Å². The lowest BCUT2D eigenvalue weighted by molar-refractivity contribution is -0.149. The van der Waals surface area contributed by atoms with Crippen molar-refractivity contribution in [2.24, 2.45) is 5.73 Å². The second-order valence-corrected chi connectivity index (χ2v) is 10.6. The number of sulfonamides is 1. The van der Waals surface area contributed by atoms with Crippen LogP contribution in [0.15, 0.2) is 54.6 Å². The molecule has 9 nitrogen and oxygen atoms in total. The molecule has 0 saturated carbocycles. The molecule has 0 radical (unpaired) electrons. The molecule has 0 amide bonds. The van der Waals surface area contributed by atoms with Gasteiger partial charge in [0.1, 0.15) is 11.9 Å². The van der Waals surface area contributed by atoms with E-state index in [-0.39, 0.29) is 31.9 Å². The van der Waals surface area contributed by atoms with Crippen LogP contribution >= 0.6 is 0 Å². The standard InChI is InChI=1S/C26H39N3O6S/c1-3-13-29(14-15-30)36(32,33)16-12-26(31)35-25(24(27)18-21-8-5-4-6-9-21)20-28-19-22-10-7-11-23(17-22)34-2/h4-11,17,24-25,28,30H,3,12-16,18-20,27H2,1-2H3. The molecule has 0 aliphatic rings. The minimum Gasteiger partial charge on any atom is -0.497 e. The molecule has 0 fully saturated rings. The Bertz CT molecular complexity index is 1010. The molecule has 2 aromatic rings. The van der Waals surface area contributed by atoms with Crippen molar-refractivity contribution in [1.29, 1.82) is 0 Å². The maximum Gasteiger partial charge on any atom is 0.307 e. The fraction of sp³-hybridized carbons (Fsp3) is 0.500. The lowest BCUT2D eigenvalue weighted by Gasteiger charge is -2.25. The van der Waals surface area contributed by atoms with Crippen LogP contribution < -0.4 is 15.8 Å². The number of nitrogens with one attached hydrogen (secondary N) is 1. The van der Waals surface area contributed by atoms with Gasteiger partial charge in [-0.1, -0.05) is 49.4 Å². The Balaban J connectivity index is 2.01. The van der Waals surface area contributed by atoms with Gasteiger partial charge in [-0.2, -0.15) is 4.31 Å². The maximum atomic E-state index is 12.7. The first-order valence-electron chi connectivity index (χ1n) is 12.2. The van der Waals surface area contributed by atoms with E-state index in [2.05, 4.69) is 5.32 Å². The topological polar surface area (TPSA) is 131 Å². The summed E-state index contributed by atoms with van der Waals surface area (Å²) in [5.74, 6) is -0.266. The second kappa shape index (κ2) is 15.6. The van der Waals surface area contributed by atoms with Crippen molar-refractivity contribution >= 4 is 16.0 Å². The number of benzene rings is 2. The molecular formula is C26H39N3O6S. The quantitative estimate of drug-likeness (QED) is 0.268. The molecule has 2 unspecified atom stereocenters. The summed E-state index contributed by atoms with van der Waals surface area (Å²) in [7, 11) is -2.08. The highest BCUT2D eigenvalue weighted by molar-refractivity contribution is 7.89. The molecule has 2 rings (SSSR count). The molecule has 0 aromatic heterocycles. The summed E-state index contributed by atoms with van der Waals surface area (Å²) < 4.78 is 37.4. The van der Waals surface area contributed by atoms with Gasteiger partial charge >= 0.3 is 5.97 Å². The van der Waals surface area contributed by atoms with Crippen LogP contribution in [0, 0.1) is 0 Å². The van der Waals surface area contributed by atoms with Gasteiger partial charge in [0.05, 0.1) is 25.9 Å². The van der Waals surface area contributed by atoms with Gasteiger partial charge in [0.2, 0.25) is 10.0 Å². The average Bonchev–Trinajstić information content (AvgIpc) is 2.87. The van der Waals surface area contributed by atoms with Crippen molar-refractivity contribution in [1.82, 2.24) is 9.62 Å². The third kappa shape index (κ3) is 10.2. The van der Waals surface area contributed by atoms with E-state index in [0.29, 0.717) is 25.9 Å². The highest BCUT2D eigenvalue weighted by Crippen LogP contribution is 2.13. The Morgan fingerprint density at radius 3 is 2.50 bits per heavy atom. The van der Waals surface area contributed by atoms with Gasteiger partial charge in [0, 0.05) is 32.2 Å². The number of carbonyl (C=O) groups excluding carboxylic acids is 1. The van der Waals surface area contributed by atoms with Gasteiger partial charge in [0.25, 0.3) is 0 Å². The van der Waals surface area contributed by atoms with Gasteiger partial charge in [-0.25, -0.2) is 8.42 Å². The van der Waals surface area contributed by atoms with E-state index in [4.69, 9.17) is 15.2 Å². The molecule has 0 heterocycles. The number of aliphatic hydroxyl groups is 1. The molecule has 2 aromatic carbocycles. The van der Waals surface area contributed by atoms with Crippen LogP contribution in [0.3, 0.4) is 0 Å². The van der Waals surface area contributed by atoms with Gasteiger partial charge in [-0.3, -0.25) is 4.79 Å². The molecule has 0 bridgehead atoms. The zero-order chi connectivity index (χ0) is 26.4. The lowest BCUT2D eigenvalue weighted by atomic mass is 10.0. The number of carbonyl (C=O) groups is 1. The number of hydrogen-bond donors (Lipinski definition) is 3. The minimum absolute atomic E-state index is 0.00396. The number of hydrogen-bond acceptors (Lipinski definition) is 8. The first-order chi connectivity index (χ1) is 17.3. The number of methoxy groups -OCH3 is 1. The number of nitrogens with two attached hydrogens (primary N) is 1. The SMILES string of the molecule is CCCN(CCO)S(=O)(=O)CCC(=O)OC(CNCc1cccc(OC)c1)C(N)Cc1ccccc1. The van der Waals surface area contributed by atoms with Crippen molar-refractivity contribution in [3.05, 3.63) is 65.7 Å². The molecule has 10 heteroatoms. The zero-order valence-electron chi connectivity index (χ0n) is 21.1. The molecule has 36 heavy (non-hydrogen) atoms. The van der Waals surface area contributed by atoms with Crippen LogP contribution in [0.2, 0.25) is 0 Å². The summed E-state index contributed by atoms with van der Waals surface area (Å²) in [5.41, 5.74) is 8.46. The fourth-order valence-corrected chi connectivity index (χ4v) is 5.26. The lowest BCUT2D eigenvalue weighted by Crippen LogP contribution is -2.46. The van der Waals surface area contributed by atoms with Crippen LogP contribution in [0.4, 0.5) is 0 Å². The van der Waals surface area contributed by atoms with Gasteiger partial charge in [-0.15, -0.1) is 0 Å². The number of esters is 1. The van der Waals surface area contributed by atoms with E-state index in [1.807, 2.05) is 61.5 Å². The third-order valence-corrected chi connectivity index (χ3v) is 7.54. The van der Waals surface area contributed by atoms with Crippen molar-refractivity contribution in [3.8, 4) is 5.75 Å². The predicted octanol–water partition coefficient (Wildman–Crippen LogP) is 1.69. The van der Waals surface area contributed by atoms with Crippen molar-refractivity contribution in [2.45, 2.75) is 44.9 Å². The van der Waals surface area contributed by atoms with E-state index in [9.17, 15) is 18.3 Å². The Kier molecular flexibility index (Phi) is 12.9. The molecule has 0 spiro atoms. The van der Waals surface area contributed by atoms with E-state index in [0.717, 1.165) is 16.9 Å². The molecular weight excluding hydrogens is 482 g/mol. The van der Waals surface area contributed by atoms with E-state index in [1.165, 1.54) is 4.31 Å². The van der Waals surface area contributed by atoms with Crippen LogP contribution in [0.1, 0.15) is 30.9 Å². The molecule has 0 aliphatic heterocycles. The molecule has 0 saturated heterocycles. The maximum absolute atomic E-state index is 12.7.